The monoisotopic (exact) mass is 333 g/mol. The van der Waals surface area contributed by atoms with Gasteiger partial charge in [-0.15, -0.1) is 0 Å². The largest absolute Gasteiger partial charge is 0.488 e. The highest BCUT2D eigenvalue weighted by Gasteiger charge is 2.40. The highest BCUT2D eigenvalue weighted by molar-refractivity contribution is 6.30. The van der Waals surface area contributed by atoms with E-state index >= 15 is 0 Å². The van der Waals surface area contributed by atoms with Crippen LogP contribution in [0.4, 0.5) is 0 Å². The third-order valence-electron chi connectivity index (χ3n) is 5.09. The molecule has 4 nitrogen and oxygen atoms in total. The minimum Gasteiger partial charge on any atom is -0.488 e. The molecule has 1 atom stereocenters. The molecule has 3 heterocycles. The Labute approximate surface area is 141 Å². The van der Waals surface area contributed by atoms with Crippen molar-refractivity contribution in [2.24, 2.45) is 5.41 Å². The summed E-state index contributed by atoms with van der Waals surface area (Å²) >= 11 is 6.04. The number of likely N-dealkylation sites (tertiary alicyclic amines) is 1. The van der Waals surface area contributed by atoms with Gasteiger partial charge in [-0.2, -0.15) is 0 Å². The lowest BCUT2D eigenvalue weighted by Gasteiger charge is -2.40. The number of nitrogens with zero attached hydrogens (tertiary/aromatic N) is 1. The summed E-state index contributed by atoms with van der Waals surface area (Å²) in [6.07, 6.45) is 5.18. The molecule has 23 heavy (non-hydrogen) atoms. The predicted octanol–water partition coefficient (Wildman–Crippen LogP) is 3.14. The van der Waals surface area contributed by atoms with Crippen LogP contribution in [-0.2, 0) is 9.53 Å². The summed E-state index contributed by atoms with van der Waals surface area (Å²) in [7, 11) is 0. The Hall–Kier alpha value is -1.52. The van der Waals surface area contributed by atoms with Crippen LogP contribution in [0.2, 0.25) is 5.02 Å². The zero-order valence-corrected chi connectivity index (χ0v) is 13.8. The van der Waals surface area contributed by atoms with E-state index in [-0.39, 0.29) is 11.3 Å². The fraction of sp³-hybridized carbons (Fsp3) is 0.500. The van der Waals surface area contributed by atoms with Crippen LogP contribution in [0.1, 0.15) is 24.8 Å². The lowest BCUT2D eigenvalue weighted by molar-refractivity contribution is -0.130. The molecule has 0 aromatic heterocycles. The first-order chi connectivity index (χ1) is 11.2. The number of piperidine rings is 1. The quantitative estimate of drug-likeness (QED) is 0.792. The maximum Gasteiger partial charge on any atom is 0.253 e. The molecule has 0 N–H and O–H groups in total. The number of benzene rings is 1. The molecule has 0 radical (unpaired) electrons. The Morgan fingerprint density at radius 3 is 3.04 bits per heavy atom. The number of carbonyl (C=O) groups is 1. The van der Waals surface area contributed by atoms with Crippen molar-refractivity contribution in [3.8, 4) is 5.75 Å². The molecular weight excluding hydrogens is 314 g/mol. The van der Waals surface area contributed by atoms with Crippen molar-refractivity contribution >= 4 is 23.6 Å². The van der Waals surface area contributed by atoms with E-state index in [9.17, 15) is 4.79 Å². The summed E-state index contributed by atoms with van der Waals surface area (Å²) in [6, 6.07) is 5.49. The van der Waals surface area contributed by atoms with Gasteiger partial charge in [0.05, 0.1) is 12.2 Å². The molecule has 122 valence electrons. The molecule has 1 aromatic carbocycles. The van der Waals surface area contributed by atoms with Crippen molar-refractivity contribution in [1.82, 2.24) is 4.90 Å². The maximum absolute atomic E-state index is 12.9. The van der Waals surface area contributed by atoms with Crippen LogP contribution in [0, 0.1) is 5.41 Å². The number of hydrogen-bond acceptors (Lipinski definition) is 3. The van der Waals surface area contributed by atoms with Crippen molar-refractivity contribution in [1.29, 1.82) is 0 Å². The average molecular weight is 334 g/mol. The minimum absolute atomic E-state index is 0.0848. The van der Waals surface area contributed by atoms with Gasteiger partial charge in [0, 0.05) is 35.7 Å². The Morgan fingerprint density at radius 1 is 1.30 bits per heavy atom. The van der Waals surface area contributed by atoms with Gasteiger partial charge in [-0.1, -0.05) is 11.6 Å². The van der Waals surface area contributed by atoms with Gasteiger partial charge in [0.1, 0.15) is 12.4 Å². The van der Waals surface area contributed by atoms with Crippen molar-refractivity contribution in [3.63, 3.8) is 0 Å². The fourth-order valence-corrected chi connectivity index (χ4v) is 4.01. The van der Waals surface area contributed by atoms with Gasteiger partial charge in [0.2, 0.25) is 0 Å². The smallest absolute Gasteiger partial charge is 0.253 e. The zero-order valence-electron chi connectivity index (χ0n) is 13.0. The van der Waals surface area contributed by atoms with E-state index in [1.54, 1.807) is 6.07 Å². The molecule has 4 rings (SSSR count). The molecule has 3 aliphatic rings. The van der Waals surface area contributed by atoms with E-state index in [0.717, 1.165) is 56.9 Å². The Morgan fingerprint density at radius 2 is 2.22 bits per heavy atom. The van der Waals surface area contributed by atoms with Gasteiger partial charge in [0.15, 0.2) is 0 Å². The highest BCUT2D eigenvalue weighted by atomic mass is 35.5. The standard InChI is InChI=1S/C18H20ClNO3/c19-15-2-3-16-13(9-15)8-14(10-23-16)17(21)20-6-1-4-18(11-20)5-7-22-12-18/h2-3,8-9H,1,4-7,10-12H2/t18-/m1/s1. The molecule has 0 aliphatic carbocycles. The van der Waals surface area contributed by atoms with Gasteiger partial charge in [-0.25, -0.2) is 0 Å². The summed E-state index contributed by atoms with van der Waals surface area (Å²) < 4.78 is 11.3. The predicted molar refractivity (Wildman–Crippen MR) is 88.6 cm³/mol. The van der Waals surface area contributed by atoms with Crippen molar-refractivity contribution in [3.05, 3.63) is 34.4 Å². The molecule has 3 aliphatic heterocycles. The van der Waals surface area contributed by atoms with Gasteiger partial charge in [0.25, 0.3) is 5.91 Å². The van der Waals surface area contributed by atoms with E-state index in [1.165, 1.54) is 0 Å². The van der Waals surface area contributed by atoms with Gasteiger partial charge < -0.3 is 14.4 Å². The van der Waals surface area contributed by atoms with Crippen LogP contribution in [0.15, 0.2) is 23.8 Å². The zero-order chi connectivity index (χ0) is 15.9. The van der Waals surface area contributed by atoms with Crippen LogP contribution >= 0.6 is 11.6 Å². The third-order valence-corrected chi connectivity index (χ3v) is 5.33. The number of amides is 1. The van der Waals surface area contributed by atoms with Crippen LogP contribution in [0.25, 0.3) is 6.08 Å². The van der Waals surface area contributed by atoms with Gasteiger partial charge in [-0.05, 0) is 43.5 Å². The number of rotatable bonds is 1. The van der Waals surface area contributed by atoms with E-state index in [4.69, 9.17) is 21.1 Å². The Bertz CT molecular complexity index is 664. The number of fused-ring (bicyclic) bond motifs is 1. The van der Waals surface area contributed by atoms with Gasteiger partial charge >= 0.3 is 0 Å². The lowest BCUT2D eigenvalue weighted by atomic mass is 9.79. The molecule has 0 unspecified atom stereocenters. The lowest BCUT2D eigenvalue weighted by Crippen LogP contribution is -2.47. The van der Waals surface area contributed by atoms with Crippen LogP contribution in [0.5, 0.6) is 5.75 Å². The van der Waals surface area contributed by atoms with Crippen molar-refractivity contribution < 1.29 is 14.3 Å². The van der Waals surface area contributed by atoms with E-state index in [0.29, 0.717) is 17.2 Å². The second-order valence-corrected chi connectivity index (χ2v) is 7.21. The molecule has 0 bridgehead atoms. The number of halogens is 1. The van der Waals surface area contributed by atoms with E-state index in [2.05, 4.69) is 0 Å². The summed E-state index contributed by atoms with van der Waals surface area (Å²) in [5.41, 5.74) is 1.75. The third kappa shape index (κ3) is 2.86. The van der Waals surface area contributed by atoms with Crippen molar-refractivity contribution in [2.75, 3.05) is 32.9 Å². The van der Waals surface area contributed by atoms with Crippen molar-refractivity contribution in [2.45, 2.75) is 19.3 Å². The first-order valence-electron chi connectivity index (χ1n) is 8.15. The molecule has 1 amide bonds. The maximum atomic E-state index is 12.9. The van der Waals surface area contributed by atoms with Gasteiger partial charge in [-0.3, -0.25) is 4.79 Å². The minimum atomic E-state index is 0.0848. The summed E-state index contributed by atoms with van der Waals surface area (Å²) in [4.78, 5) is 14.9. The Balaban J connectivity index is 1.55. The number of hydrogen-bond donors (Lipinski definition) is 0. The SMILES string of the molecule is O=C(C1=Cc2cc(Cl)ccc2OC1)N1CCC[C@@]2(CCOC2)C1. The highest BCUT2D eigenvalue weighted by Crippen LogP contribution is 2.38. The van der Waals surface area contributed by atoms with Crippen LogP contribution in [-0.4, -0.2) is 43.7 Å². The Kier molecular flexibility index (Phi) is 3.82. The number of carbonyl (C=O) groups excluding carboxylic acids is 1. The first kappa shape index (κ1) is 15.0. The first-order valence-corrected chi connectivity index (χ1v) is 8.53. The second-order valence-electron chi connectivity index (χ2n) is 6.77. The van der Waals surface area contributed by atoms with E-state index < -0.39 is 0 Å². The second kappa shape index (κ2) is 5.84. The summed E-state index contributed by atoms with van der Waals surface area (Å²) in [5, 5.41) is 0.650. The molecular formula is C18H20ClNO3. The van der Waals surface area contributed by atoms with Crippen LogP contribution in [0.3, 0.4) is 0 Å². The molecule has 5 heteroatoms. The molecule has 1 spiro atoms. The molecule has 0 saturated carbocycles. The average Bonchev–Trinajstić information content (AvgIpc) is 3.01. The molecule has 2 saturated heterocycles. The number of ether oxygens (including phenoxy) is 2. The fourth-order valence-electron chi connectivity index (χ4n) is 3.83. The normalized spacial score (nSPS) is 26.7. The molecule has 2 fully saturated rings. The summed E-state index contributed by atoms with van der Waals surface area (Å²) in [6.45, 7) is 3.55. The van der Waals surface area contributed by atoms with E-state index in [1.807, 2.05) is 23.1 Å². The topological polar surface area (TPSA) is 38.8 Å². The molecule has 1 aromatic rings. The summed E-state index contributed by atoms with van der Waals surface area (Å²) in [5.74, 6) is 0.867. The van der Waals surface area contributed by atoms with Crippen LogP contribution < -0.4 is 4.74 Å².